The summed E-state index contributed by atoms with van der Waals surface area (Å²) in [5.74, 6) is 1.19. The molecule has 0 radical (unpaired) electrons. The second kappa shape index (κ2) is 7.48. The number of fused-ring (bicyclic) bond motifs is 1. The van der Waals surface area contributed by atoms with Gasteiger partial charge in [-0.15, -0.1) is 0 Å². The maximum absolute atomic E-state index is 13.0. The van der Waals surface area contributed by atoms with E-state index in [0.29, 0.717) is 36.9 Å². The monoisotopic (exact) mass is 394 g/mol. The summed E-state index contributed by atoms with van der Waals surface area (Å²) >= 11 is 0. The Bertz CT molecular complexity index is 1030. The number of benzene rings is 2. The molecule has 1 saturated heterocycles. The second-order valence-electron chi connectivity index (χ2n) is 8.55. The van der Waals surface area contributed by atoms with Gasteiger partial charge in [-0.25, -0.2) is 0 Å². The number of piperazine rings is 1. The van der Waals surface area contributed by atoms with Crippen LogP contribution in [-0.2, 0) is 12.0 Å². The minimum Gasteiger partial charge on any atom is -0.507 e. The van der Waals surface area contributed by atoms with Gasteiger partial charge in [-0.3, -0.25) is 9.69 Å². The smallest absolute Gasteiger partial charge is 0.257 e. The molecule has 1 aliphatic heterocycles. The average Bonchev–Trinajstić information content (AvgIpc) is 3.16. The highest BCUT2D eigenvalue weighted by Crippen LogP contribution is 2.26. The third kappa shape index (κ3) is 4.10. The number of hydrogen-bond acceptors (Lipinski definition) is 6. The second-order valence-corrected chi connectivity index (χ2v) is 8.55. The fourth-order valence-electron chi connectivity index (χ4n) is 3.50. The van der Waals surface area contributed by atoms with Crippen molar-refractivity contribution >= 4 is 16.7 Å². The lowest BCUT2D eigenvalue weighted by molar-refractivity contribution is 0.0621. The van der Waals surface area contributed by atoms with E-state index in [1.807, 2.05) is 45.0 Å². The van der Waals surface area contributed by atoms with Crippen LogP contribution in [0.25, 0.3) is 10.8 Å². The van der Waals surface area contributed by atoms with Crippen LogP contribution in [0.3, 0.4) is 0 Å². The summed E-state index contributed by atoms with van der Waals surface area (Å²) in [6, 6.07) is 11.1. The number of aromatic nitrogens is 2. The Labute approximate surface area is 169 Å². The highest BCUT2D eigenvalue weighted by Gasteiger charge is 2.26. The van der Waals surface area contributed by atoms with E-state index >= 15 is 0 Å². The van der Waals surface area contributed by atoms with E-state index in [0.717, 1.165) is 23.9 Å². The molecule has 152 valence electrons. The molecule has 0 bridgehead atoms. The van der Waals surface area contributed by atoms with Crippen LogP contribution in [0.5, 0.6) is 5.75 Å². The molecule has 3 aromatic rings. The largest absolute Gasteiger partial charge is 0.507 e. The van der Waals surface area contributed by atoms with E-state index in [1.165, 1.54) is 0 Å². The summed E-state index contributed by atoms with van der Waals surface area (Å²) in [4.78, 5) is 21.4. The maximum atomic E-state index is 13.0. The average molecular weight is 394 g/mol. The Morgan fingerprint density at radius 2 is 1.76 bits per heavy atom. The summed E-state index contributed by atoms with van der Waals surface area (Å²) in [6.07, 6.45) is 0. The first-order valence-corrected chi connectivity index (χ1v) is 9.88. The van der Waals surface area contributed by atoms with Gasteiger partial charge < -0.3 is 14.5 Å². The van der Waals surface area contributed by atoms with E-state index in [1.54, 1.807) is 17.0 Å². The van der Waals surface area contributed by atoms with Crippen molar-refractivity contribution in [3.05, 3.63) is 53.7 Å². The molecule has 2 aromatic carbocycles. The fourth-order valence-corrected chi connectivity index (χ4v) is 3.50. The van der Waals surface area contributed by atoms with Gasteiger partial charge in [0.25, 0.3) is 5.91 Å². The molecule has 1 N–H and O–H groups in total. The summed E-state index contributed by atoms with van der Waals surface area (Å²) < 4.78 is 5.36. The molecule has 1 aromatic heterocycles. The van der Waals surface area contributed by atoms with Crippen LogP contribution < -0.4 is 0 Å². The number of rotatable bonds is 3. The van der Waals surface area contributed by atoms with Crippen LogP contribution in [0.4, 0.5) is 0 Å². The zero-order valence-electron chi connectivity index (χ0n) is 17.1. The molecule has 1 aliphatic rings. The van der Waals surface area contributed by atoms with Crippen LogP contribution in [0, 0.1) is 0 Å². The Kier molecular flexibility index (Phi) is 5.00. The van der Waals surface area contributed by atoms with Crippen molar-refractivity contribution in [2.45, 2.75) is 32.7 Å². The van der Waals surface area contributed by atoms with E-state index in [9.17, 15) is 9.90 Å². The van der Waals surface area contributed by atoms with Gasteiger partial charge in [-0.1, -0.05) is 50.2 Å². The lowest BCUT2D eigenvalue weighted by Gasteiger charge is -2.34. The standard InChI is InChI=1S/C22H26N4O3/c1-22(2,3)21-23-19(24-29-21)14-25-8-10-26(11-9-25)20(28)17-12-15-6-4-5-7-16(15)13-18(17)27/h4-7,12-13,27H,8-11,14H2,1-3H3. The minimum absolute atomic E-state index is 0.0256. The Morgan fingerprint density at radius 3 is 2.38 bits per heavy atom. The number of nitrogens with zero attached hydrogens (tertiary/aromatic N) is 4. The van der Waals surface area contributed by atoms with Crippen LogP contribution in [-0.4, -0.2) is 57.1 Å². The first kappa shape index (κ1) is 19.4. The zero-order valence-corrected chi connectivity index (χ0v) is 17.1. The number of aromatic hydroxyl groups is 1. The van der Waals surface area contributed by atoms with Gasteiger partial charge in [-0.05, 0) is 22.9 Å². The number of phenolic OH excluding ortho intramolecular Hbond substituents is 1. The molecule has 4 rings (SSSR count). The SMILES string of the molecule is CC(C)(C)c1nc(CN2CCN(C(=O)c3cc4ccccc4cc3O)CC2)no1. The summed E-state index contributed by atoms with van der Waals surface area (Å²) in [7, 11) is 0. The molecule has 29 heavy (non-hydrogen) atoms. The van der Waals surface area contributed by atoms with Crippen molar-refractivity contribution < 1.29 is 14.4 Å². The number of hydrogen-bond donors (Lipinski definition) is 1. The van der Waals surface area contributed by atoms with Crippen molar-refractivity contribution in [3.8, 4) is 5.75 Å². The molecule has 2 heterocycles. The maximum Gasteiger partial charge on any atom is 0.257 e. The normalized spacial score (nSPS) is 15.8. The minimum atomic E-state index is -0.168. The summed E-state index contributed by atoms with van der Waals surface area (Å²) in [5, 5.41) is 16.3. The van der Waals surface area contributed by atoms with Crippen molar-refractivity contribution in [1.29, 1.82) is 0 Å². The molecule has 0 atom stereocenters. The molecule has 1 amide bonds. The molecule has 1 fully saturated rings. The van der Waals surface area contributed by atoms with Crippen molar-refractivity contribution in [3.63, 3.8) is 0 Å². The topological polar surface area (TPSA) is 82.7 Å². The third-order valence-corrected chi connectivity index (χ3v) is 5.23. The van der Waals surface area contributed by atoms with Gasteiger partial charge in [-0.2, -0.15) is 4.98 Å². The first-order chi connectivity index (χ1) is 13.8. The van der Waals surface area contributed by atoms with Crippen molar-refractivity contribution in [1.82, 2.24) is 19.9 Å². The third-order valence-electron chi connectivity index (χ3n) is 5.23. The molecule has 0 spiro atoms. The van der Waals surface area contributed by atoms with Crippen LogP contribution in [0.1, 0.15) is 42.8 Å². The quantitative estimate of drug-likeness (QED) is 0.735. The lowest BCUT2D eigenvalue weighted by atomic mass is 9.97. The van der Waals surface area contributed by atoms with Gasteiger partial charge in [0.05, 0.1) is 12.1 Å². The van der Waals surface area contributed by atoms with E-state index in [2.05, 4.69) is 15.0 Å². The van der Waals surface area contributed by atoms with Crippen molar-refractivity contribution in [2.75, 3.05) is 26.2 Å². The predicted molar refractivity (Wildman–Crippen MR) is 110 cm³/mol. The molecule has 0 saturated carbocycles. The van der Waals surface area contributed by atoms with Gasteiger partial charge in [0.1, 0.15) is 5.75 Å². The lowest BCUT2D eigenvalue weighted by Crippen LogP contribution is -2.48. The molecule has 0 unspecified atom stereocenters. The van der Waals surface area contributed by atoms with E-state index in [4.69, 9.17) is 4.52 Å². The fraction of sp³-hybridized carbons (Fsp3) is 0.409. The zero-order chi connectivity index (χ0) is 20.6. The number of phenols is 1. The highest BCUT2D eigenvalue weighted by molar-refractivity contribution is 6.01. The molecular weight excluding hydrogens is 368 g/mol. The highest BCUT2D eigenvalue weighted by atomic mass is 16.5. The van der Waals surface area contributed by atoms with Crippen LogP contribution in [0.15, 0.2) is 40.9 Å². The van der Waals surface area contributed by atoms with Crippen molar-refractivity contribution in [2.24, 2.45) is 0 Å². The predicted octanol–water partition coefficient (Wildman–Crippen LogP) is 3.18. The summed E-state index contributed by atoms with van der Waals surface area (Å²) in [5.41, 5.74) is 0.184. The Hall–Kier alpha value is -2.93. The van der Waals surface area contributed by atoms with E-state index < -0.39 is 0 Å². The van der Waals surface area contributed by atoms with Crippen LogP contribution in [0.2, 0.25) is 0 Å². The van der Waals surface area contributed by atoms with Gasteiger partial charge >= 0.3 is 0 Å². The molecule has 7 nitrogen and oxygen atoms in total. The van der Waals surface area contributed by atoms with Gasteiger partial charge in [0, 0.05) is 31.6 Å². The molecular formula is C22H26N4O3. The summed E-state index contributed by atoms with van der Waals surface area (Å²) in [6.45, 7) is 9.34. The number of amides is 1. The van der Waals surface area contributed by atoms with Gasteiger partial charge in [0.15, 0.2) is 5.82 Å². The Morgan fingerprint density at radius 1 is 1.10 bits per heavy atom. The first-order valence-electron chi connectivity index (χ1n) is 9.88. The number of carbonyl (C=O) groups is 1. The Balaban J connectivity index is 1.40. The molecule has 7 heteroatoms. The van der Waals surface area contributed by atoms with E-state index in [-0.39, 0.29) is 17.1 Å². The number of carbonyl (C=O) groups excluding carboxylic acids is 1. The van der Waals surface area contributed by atoms with Crippen LogP contribution >= 0.6 is 0 Å². The van der Waals surface area contributed by atoms with Gasteiger partial charge in [0.2, 0.25) is 5.89 Å². The molecule has 0 aliphatic carbocycles.